The minimum atomic E-state index is -3.55. The smallest absolute Gasteiger partial charge is 0.337 e. The Morgan fingerprint density at radius 2 is 1.74 bits per heavy atom. The highest BCUT2D eigenvalue weighted by atomic mass is 31.2. The molecule has 0 unspecified atom stereocenters. The molecule has 0 amide bonds. The molecule has 7 nitrogen and oxygen atoms in total. The molecule has 0 bridgehead atoms. The first-order chi connectivity index (χ1) is 8.91. The summed E-state index contributed by atoms with van der Waals surface area (Å²) in [5.41, 5.74) is -0.915. The summed E-state index contributed by atoms with van der Waals surface area (Å²) in [5.74, 6) is 0. The van der Waals surface area contributed by atoms with Crippen molar-refractivity contribution in [2.24, 2.45) is 0 Å². The lowest BCUT2D eigenvalue weighted by Gasteiger charge is -2.30. The van der Waals surface area contributed by atoms with Crippen molar-refractivity contribution in [3.05, 3.63) is 0 Å². The third kappa shape index (κ3) is 3.55. The molecule has 8 heteroatoms. The largest absolute Gasteiger partial charge is 0.395 e. The molecule has 0 spiro atoms. The second-order valence-corrected chi connectivity index (χ2v) is 6.85. The van der Waals surface area contributed by atoms with Gasteiger partial charge >= 0.3 is 7.60 Å². The zero-order valence-corrected chi connectivity index (χ0v) is 12.4. The maximum absolute atomic E-state index is 12.7. The fourth-order valence-corrected chi connectivity index (χ4v) is 4.38. The van der Waals surface area contributed by atoms with Crippen molar-refractivity contribution in [3.8, 4) is 0 Å². The Balaban J connectivity index is 2.95. The van der Waals surface area contributed by atoms with Crippen LogP contribution in [0.3, 0.4) is 0 Å². The van der Waals surface area contributed by atoms with Crippen LogP contribution in [0.15, 0.2) is 0 Å². The van der Waals surface area contributed by atoms with Gasteiger partial charge in [-0.25, -0.2) is 0 Å². The van der Waals surface area contributed by atoms with Crippen LogP contribution in [0.4, 0.5) is 0 Å². The Hall–Kier alpha value is -0.0100. The maximum atomic E-state index is 12.7. The molecule has 1 aliphatic heterocycles. The van der Waals surface area contributed by atoms with E-state index in [0.717, 1.165) is 0 Å². The first-order valence-corrected chi connectivity index (χ1v) is 8.14. The third-order valence-corrected chi connectivity index (χ3v) is 5.84. The predicted molar refractivity (Wildman–Crippen MR) is 70.1 cm³/mol. The van der Waals surface area contributed by atoms with Gasteiger partial charge in [-0.1, -0.05) is 0 Å². The molecule has 19 heavy (non-hydrogen) atoms. The van der Waals surface area contributed by atoms with Gasteiger partial charge in [0.2, 0.25) is 0 Å². The Morgan fingerprint density at radius 1 is 1.21 bits per heavy atom. The van der Waals surface area contributed by atoms with Crippen LogP contribution in [0.2, 0.25) is 0 Å². The average molecular weight is 297 g/mol. The molecule has 0 radical (unpaired) electrons. The lowest BCUT2D eigenvalue weighted by molar-refractivity contribution is 0.0254. The van der Waals surface area contributed by atoms with Gasteiger partial charge < -0.3 is 29.7 Å². The second-order valence-electron chi connectivity index (χ2n) is 4.59. The Bertz CT molecular complexity index is 318. The van der Waals surface area contributed by atoms with Crippen LogP contribution >= 0.6 is 7.60 Å². The molecule has 114 valence electrons. The molecule has 1 aliphatic rings. The van der Waals surface area contributed by atoms with Crippen LogP contribution in [0.1, 0.15) is 20.8 Å². The molecule has 1 heterocycles. The number of aliphatic hydroxyl groups is 3. The van der Waals surface area contributed by atoms with Crippen molar-refractivity contribution in [1.82, 2.24) is 5.32 Å². The van der Waals surface area contributed by atoms with Crippen LogP contribution in [0.5, 0.6) is 0 Å². The normalized spacial score (nSPS) is 33.6. The summed E-state index contributed by atoms with van der Waals surface area (Å²) in [6, 6.07) is -1.09. The monoisotopic (exact) mass is 297 g/mol. The van der Waals surface area contributed by atoms with E-state index in [0.29, 0.717) is 0 Å². The van der Waals surface area contributed by atoms with Crippen LogP contribution in [-0.4, -0.2) is 65.1 Å². The first kappa shape index (κ1) is 17.0. The summed E-state index contributed by atoms with van der Waals surface area (Å²) in [7, 11) is -3.55. The molecular formula is C11H24NO6P. The number of nitrogens with one attached hydrogen (secondary N) is 1. The van der Waals surface area contributed by atoms with E-state index in [9.17, 15) is 19.9 Å². The minimum absolute atomic E-state index is 0.175. The number of rotatable bonds is 7. The summed E-state index contributed by atoms with van der Waals surface area (Å²) in [4.78, 5) is 0. The summed E-state index contributed by atoms with van der Waals surface area (Å²) in [6.45, 7) is 4.94. The lowest BCUT2D eigenvalue weighted by Crippen LogP contribution is -2.45. The Kier molecular flexibility index (Phi) is 6.39. The van der Waals surface area contributed by atoms with E-state index >= 15 is 0 Å². The lowest BCUT2D eigenvalue weighted by atomic mass is 10.1. The Morgan fingerprint density at radius 3 is 2.05 bits per heavy atom. The highest BCUT2D eigenvalue weighted by Crippen LogP contribution is 2.55. The molecule has 1 fully saturated rings. The quantitative estimate of drug-likeness (QED) is 0.478. The zero-order valence-electron chi connectivity index (χ0n) is 11.5. The van der Waals surface area contributed by atoms with Gasteiger partial charge in [0.1, 0.15) is 5.66 Å². The molecule has 0 saturated carbocycles. The van der Waals surface area contributed by atoms with Crippen LogP contribution in [0, 0.1) is 0 Å². The molecule has 5 atom stereocenters. The highest BCUT2D eigenvalue weighted by Gasteiger charge is 2.50. The third-order valence-electron chi connectivity index (χ3n) is 3.31. The standard InChI is InChI=1S/C11H24NO6P/c1-4-17-19(16,18-5-2)8(6-13)9-11(15)10(14)7(3)12-9/h7-15H,4-6H2,1-3H3/t7-,8-,9-,10+,11-/m0/s1. The first-order valence-electron chi connectivity index (χ1n) is 6.53. The second kappa shape index (κ2) is 7.13. The molecule has 4 N–H and O–H groups in total. The molecule has 0 aromatic heterocycles. The van der Waals surface area contributed by atoms with E-state index in [4.69, 9.17) is 9.05 Å². The van der Waals surface area contributed by atoms with Crippen LogP contribution in [0.25, 0.3) is 0 Å². The van der Waals surface area contributed by atoms with Crippen LogP contribution in [-0.2, 0) is 13.6 Å². The molecule has 0 aromatic carbocycles. The van der Waals surface area contributed by atoms with Gasteiger partial charge in [0.05, 0.1) is 38.1 Å². The fourth-order valence-electron chi connectivity index (χ4n) is 2.35. The van der Waals surface area contributed by atoms with E-state index < -0.39 is 38.1 Å². The number of aliphatic hydroxyl groups excluding tert-OH is 3. The van der Waals surface area contributed by atoms with Crippen molar-refractivity contribution in [2.75, 3.05) is 19.8 Å². The molecule has 1 rings (SSSR count). The van der Waals surface area contributed by atoms with Gasteiger partial charge in [0.25, 0.3) is 0 Å². The van der Waals surface area contributed by atoms with E-state index in [2.05, 4.69) is 5.32 Å². The minimum Gasteiger partial charge on any atom is -0.395 e. The van der Waals surface area contributed by atoms with Crippen molar-refractivity contribution < 1.29 is 28.9 Å². The molecular weight excluding hydrogens is 273 g/mol. The topological polar surface area (TPSA) is 108 Å². The zero-order chi connectivity index (χ0) is 14.6. The van der Waals surface area contributed by atoms with E-state index in [-0.39, 0.29) is 19.3 Å². The molecule has 0 aliphatic carbocycles. The summed E-state index contributed by atoms with van der Waals surface area (Å²) >= 11 is 0. The molecule has 0 aromatic rings. The summed E-state index contributed by atoms with van der Waals surface area (Å²) in [6.07, 6.45) is -2.10. The van der Waals surface area contributed by atoms with Gasteiger partial charge in [0, 0.05) is 6.04 Å². The Labute approximate surface area is 113 Å². The van der Waals surface area contributed by atoms with Gasteiger partial charge in [-0.15, -0.1) is 0 Å². The van der Waals surface area contributed by atoms with Gasteiger partial charge in [-0.3, -0.25) is 4.57 Å². The van der Waals surface area contributed by atoms with E-state index in [1.165, 1.54) is 0 Å². The van der Waals surface area contributed by atoms with E-state index in [1.54, 1.807) is 20.8 Å². The fraction of sp³-hybridized carbons (Fsp3) is 1.00. The van der Waals surface area contributed by atoms with E-state index in [1.807, 2.05) is 0 Å². The van der Waals surface area contributed by atoms with Gasteiger partial charge in [-0.2, -0.15) is 0 Å². The SMILES string of the molecule is CCOP(=O)(OCC)[C@@H](CO)[C@@H]1N[C@@H](C)[C@@H](O)[C@H]1O. The number of hydrogen-bond donors (Lipinski definition) is 4. The van der Waals surface area contributed by atoms with Crippen molar-refractivity contribution >= 4 is 7.60 Å². The van der Waals surface area contributed by atoms with Crippen molar-refractivity contribution in [3.63, 3.8) is 0 Å². The number of hydrogen-bond acceptors (Lipinski definition) is 7. The summed E-state index contributed by atoms with van der Waals surface area (Å²) < 4.78 is 23.0. The predicted octanol–water partition coefficient (Wildman–Crippen LogP) is -0.305. The van der Waals surface area contributed by atoms with Gasteiger partial charge in [0.15, 0.2) is 0 Å². The summed E-state index contributed by atoms with van der Waals surface area (Å²) in [5, 5.41) is 32.1. The van der Waals surface area contributed by atoms with Crippen molar-refractivity contribution in [1.29, 1.82) is 0 Å². The van der Waals surface area contributed by atoms with Gasteiger partial charge in [-0.05, 0) is 20.8 Å². The highest BCUT2D eigenvalue weighted by molar-refractivity contribution is 7.54. The average Bonchev–Trinajstić information content (AvgIpc) is 2.59. The maximum Gasteiger partial charge on any atom is 0.337 e. The van der Waals surface area contributed by atoms with Crippen molar-refractivity contribution in [2.45, 2.75) is 50.7 Å². The molecule has 1 saturated heterocycles. The van der Waals surface area contributed by atoms with Crippen LogP contribution < -0.4 is 5.32 Å².